The van der Waals surface area contributed by atoms with Gasteiger partial charge in [-0.05, 0) is 49.4 Å². The Bertz CT molecular complexity index is 1700. The van der Waals surface area contributed by atoms with Crippen molar-refractivity contribution in [1.82, 2.24) is 15.0 Å². The fraction of sp³-hybridized carbons (Fsp3) is 0.167. The molecule has 10 nitrogen and oxygen atoms in total. The van der Waals surface area contributed by atoms with E-state index in [1.165, 1.54) is 29.7 Å². The Hall–Kier alpha value is -4.29. The van der Waals surface area contributed by atoms with Gasteiger partial charge in [-0.2, -0.15) is 13.2 Å². The normalized spacial score (nSPS) is 11.5. The molecule has 0 atom stereocenters. The van der Waals surface area contributed by atoms with Crippen LogP contribution in [0.2, 0.25) is 0 Å². The van der Waals surface area contributed by atoms with Crippen molar-refractivity contribution in [2.45, 2.75) is 23.9 Å². The van der Waals surface area contributed by atoms with Crippen LogP contribution in [0.1, 0.15) is 11.4 Å². The van der Waals surface area contributed by atoms with Crippen molar-refractivity contribution < 1.29 is 44.7 Å². The van der Waals surface area contributed by atoms with Gasteiger partial charge in [0, 0.05) is 18.2 Å². The number of carboxylic acid groups (broad SMARTS) is 1. The second-order valence-electron chi connectivity index (χ2n) is 8.13. The third-order valence-corrected chi connectivity index (χ3v) is 7.61. The van der Waals surface area contributed by atoms with Crippen LogP contribution in [0.4, 0.5) is 38.0 Å². The molecule has 0 bridgehead atoms. The minimum Gasteiger partial charge on any atom is -0.475 e. The number of nitrogens with two attached hydrogens (primary N) is 2. The lowest BCUT2D eigenvalue weighted by molar-refractivity contribution is -0.192. The van der Waals surface area contributed by atoms with Crippen molar-refractivity contribution >= 4 is 39.0 Å². The molecule has 18 heteroatoms. The highest BCUT2D eigenvalue weighted by molar-refractivity contribution is 7.92. The van der Waals surface area contributed by atoms with E-state index in [2.05, 4.69) is 15.0 Å². The molecule has 4 rings (SSSR count). The zero-order valence-corrected chi connectivity index (χ0v) is 22.6. The number of benzene rings is 2. The number of rotatable bonds is 8. The molecule has 0 aliphatic rings. The van der Waals surface area contributed by atoms with Gasteiger partial charge in [-0.25, -0.2) is 41.3 Å². The molecule has 2 aromatic carbocycles. The summed E-state index contributed by atoms with van der Waals surface area (Å²) in [6.45, 7) is 0.437. The van der Waals surface area contributed by atoms with Gasteiger partial charge in [0.2, 0.25) is 5.95 Å². The Morgan fingerprint density at radius 3 is 2.38 bits per heavy atom. The second-order valence-corrected chi connectivity index (χ2v) is 10.9. The van der Waals surface area contributed by atoms with Crippen LogP contribution in [0.5, 0.6) is 0 Å². The molecular formula is C24H20F6N6O4S2. The van der Waals surface area contributed by atoms with Crippen molar-refractivity contribution in [1.29, 1.82) is 0 Å². The first-order valence-corrected chi connectivity index (χ1v) is 13.8. The highest BCUT2D eigenvalue weighted by atomic mass is 32.2. The number of alkyl halides is 3. The van der Waals surface area contributed by atoms with E-state index < -0.39 is 50.2 Å². The quantitative estimate of drug-likeness (QED) is 0.202. The van der Waals surface area contributed by atoms with Crippen molar-refractivity contribution in [2.75, 3.05) is 17.0 Å². The van der Waals surface area contributed by atoms with Gasteiger partial charge >= 0.3 is 12.1 Å². The molecule has 2 aromatic heterocycles. The number of nitrogens with one attached hydrogen (secondary N) is 1. The maximum atomic E-state index is 15.6. The van der Waals surface area contributed by atoms with Crippen LogP contribution in [-0.4, -0.2) is 47.2 Å². The number of thiazole rings is 1. The predicted octanol–water partition coefficient (Wildman–Crippen LogP) is 4.59. The molecule has 0 saturated heterocycles. The van der Waals surface area contributed by atoms with E-state index >= 15 is 4.39 Å². The van der Waals surface area contributed by atoms with E-state index in [1.54, 1.807) is 6.07 Å². The lowest BCUT2D eigenvalue weighted by atomic mass is 10.1. The minimum absolute atomic E-state index is 0.0180. The SMILES string of the molecule is NCCCc1nc(-c2cccc(NS(=O)(=O)c3cc(F)ccc3F)c2F)c(-c2ccnc(N)n2)s1.O=C(O)C(F)(F)F. The Morgan fingerprint density at radius 1 is 1.07 bits per heavy atom. The molecule has 224 valence electrons. The van der Waals surface area contributed by atoms with E-state index in [0.717, 1.165) is 12.1 Å². The third-order valence-electron chi connectivity index (χ3n) is 5.10. The van der Waals surface area contributed by atoms with Gasteiger partial charge < -0.3 is 16.6 Å². The largest absolute Gasteiger partial charge is 0.490 e. The number of carbonyl (C=O) groups is 1. The van der Waals surface area contributed by atoms with Crippen LogP contribution in [0.15, 0.2) is 53.6 Å². The summed E-state index contributed by atoms with van der Waals surface area (Å²) in [6.07, 6.45) is -2.43. The fourth-order valence-electron chi connectivity index (χ4n) is 3.26. The van der Waals surface area contributed by atoms with E-state index in [9.17, 15) is 30.4 Å². The summed E-state index contributed by atoms with van der Waals surface area (Å²) in [5, 5.41) is 7.80. The fourth-order valence-corrected chi connectivity index (χ4v) is 5.50. The molecule has 0 fully saturated rings. The maximum Gasteiger partial charge on any atom is 0.490 e. The van der Waals surface area contributed by atoms with Crippen molar-refractivity contribution in [3.05, 3.63) is 71.1 Å². The van der Waals surface area contributed by atoms with Crippen molar-refractivity contribution in [2.24, 2.45) is 5.73 Å². The summed E-state index contributed by atoms with van der Waals surface area (Å²) in [5.74, 6) is -5.82. The van der Waals surface area contributed by atoms with E-state index in [4.69, 9.17) is 21.4 Å². The Balaban J connectivity index is 0.000000616. The molecule has 0 aliphatic carbocycles. The Labute approximate surface area is 238 Å². The molecule has 6 N–H and O–H groups in total. The van der Waals surface area contributed by atoms with Gasteiger partial charge in [0.15, 0.2) is 5.82 Å². The zero-order chi connectivity index (χ0) is 31.2. The summed E-state index contributed by atoms with van der Waals surface area (Å²) in [6, 6.07) is 7.56. The number of aliphatic carboxylic acids is 1. The highest BCUT2D eigenvalue weighted by Crippen LogP contribution is 2.39. The summed E-state index contributed by atoms with van der Waals surface area (Å²) in [7, 11) is -4.64. The molecule has 0 unspecified atom stereocenters. The monoisotopic (exact) mass is 634 g/mol. The van der Waals surface area contributed by atoms with Crippen LogP contribution in [0.3, 0.4) is 0 Å². The van der Waals surface area contributed by atoms with Crippen LogP contribution < -0.4 is 16.2 Å². The molecular weight excluding hydrogens is 614 g/mol. The van der Waals surface area contributed by atoms with E-state index in [0.29, 0.717) is 47.1 Å². The van der Waals surface area contributed by atoms with Crippen LogP contribution in [0.25, 0.3) is 21.8 Å². The maximum absolute atomic E-state index is 15.6. The van der Waals surface area contributed by atoms with Crippen LogP contribution in [0, 0.1) is 17.5 Å². The van der Waals surface area contributed by atoms with Crippen molar-refractivity contribution in [3.63, 3.8) is 0 Å². The number of nitrogens with zero attached hydrogens (tertiary/aromatic N) is 3. The summed E-state index contributed by atoms with van der Waals surface area (Å²) in [5.41, 5.74) is 11.5. The molecule has 4 aromatic rings. The number of carboxylic acids is 1. The number of anilines is 2. The van der Waals surface area contributed by atoms with Gasteiger partial charge in [0.05, 0.1) is 27.0 Å². The molecule has 0 saturated carbocycles. The van der Waals surface area contributed by atoms with Crippen LogP contribution in [-0.2, 0) is 21.2 Å². The first-order valence-electron chi connectivity index (χ1n) is 11.5. The number of hydrogen-bond acceptors (Lipinski definition) is 9. The second kappa shape index (κ2) is 13.1. The summed E-state index contributed by atoms with van der Waals surface area (Å²) >= 11 is 1.28. The first kappa shape index (κ1) is 32.2. The van der Waals surface area contributed by atoms with Crippen molar-refractivity contribution in [3.8, 4) is 21.8 Å². The summed E-state index contributed by atoms with van der Waals surface area (Å²) < 4.78 is 102. The number of halogens is 6. The summed E-state index contributed by atoms with van der Waals surface area (Å²) in [4.78, 5) is 21.0. The number of aryl methyl sites for hydroxylation is 1. The molecule has 0 spiro atoms. The van der Waals surface area contributed by atoms with E-state index in [1.807, 2.05) is 4.72 Å². The average molecular weight is 635 g/mol. The lowest BCUT2D eigenvalue weighted by Gasteiger charge is -2.12. The minimum atomic E-state index is -5.08. The zero-order valence-electron chi connectivity index (χ0n) is 21.0. The smallest absolute Gasteiger partial charge is 0.475 e. The molecule has 0 amide bonds. The third kappa shape index (κ3) is 7.92. The topological polar surface area (TPSA) is 174 Å². The average Bonchev–Trinajstić information content (AvgIpc) is 3.33. The molecule has 2 heterocycles. The Kier molecular flexibility index (Phi) is 10.1. The van der Waals surface area contributed by atoms with Crippen LogP contribution >= 0.6 is 11.3 Å². The Morgan fingerprint density at radius 2 is 1.76 bits per heavy atom. The lowest BCUT2D eigenvalue weighted by Crippen LogP contribution is -2.21. The number of nitrogen functional groups attached to an aromatic ring is 1. The van der Waals surface area contributed by atoms with Gasteiger partial charge in [-0.1, -0.05) is 6.07 Å². The predicted molar refractivity (Wildman–Crippen MR) is 141 cm³/mol. The first-order chi connectivity index (χ1) is 19.6. The highest BCUT2D eigenvalue weighted by Gasteiger charge is 2.38. The van der Waals surface area contributed by atoms with Gasteiger partial charge in [-0.15, -0.1) is 11.3 Å². The number of sulfonamides is 1. The number of aromatic nitrogens is 3. The molecule has 42 heavy (non-hydrogen) atoms. The standard InChI is InChI=1S/C22H19F3N6O2S2.C2HF3O2/c23-12-6-7-14(24)17(11-12)35(32,33)31-15-4-1-3-13(19(15)25)20-21(16-8-10-28-22(27)29-16)34-18(30-20)5-2-9-26;3-2(4,5)1(6)7/h1,3-4,6-8,10-11,31H,2,5,9,26H2,(H2,27,28,29);(H,6,7). The van der Waals surface area contributed by atoms with Gasteiger partial charge in [-0.3, -0.25) is 4.72 Å². The molecule has 0 aliphatic heterocycles. The van der Waals surface area contributed by atoms with Gasteiger partial charge in [0.25, 0.3) is 10.0 Å². The molecule has 0 radical (unpaired) electrons. The van der Waals surface area contributed by atoms with Gasteiger partial charge in [0.1, 0.15) is 16.5 Å². The van der Waals surface area contributed by atoms with E-state index in [-0.39, 0.29) is 17.2 Å². The number of hydrogen-bond donors (Lipinski definition) is 4.